The Bertz CT molecular complexity index is 1160. The van der Waals surface area contributed by atoms with Gasteiger partial charge in [0.05, 0.1) is 11.4 Å². The van der Waals surface area contributed by atoms with Gasteiger partial charge in [0.25, 0.3) is 0 Å². The number of likely N-dealkylation sites (N-methyl/N-ethyl adjacent to an activating group) is 1. The van der Waals surface area contributed by atoms with Crippen LogP contribution in [0.1, 0.15) is 18.9 Å². The van der Waals surface area contributed by atoms with Crippen molar-refractivity contribution in [2.24, 2.45) is 0 Å². The van der Waals surface area contributed by atoms with Crippen LogP contribution in [0.3, 0.4) is 0 Å². The highest BCUT2D eigenvalue weighted by Crippen LogP contribution is 2.34. The Morgan fingerprint density at radius 2 is 1.77 bits per heavy atom. The normalized spacial score (nSPS) is 17.3. The number of hydrogen-bond donors (Lipinski definition) is 1. The molecular formula is C23H24N6O. The van der Waals surface area contributed by atoms with E-state index in [9.17, 15) is 0 Å². The fourth-order valence-electron chi connectivity index (χ4n) is 4.10. The molecule has 152 valence electrons. The van der Waals surface area contributed by atoms with Gasteiger partial charge in [-0.25, -0.2) is 14.6 Å². The van der Waals surface area contributed by atoms with Crippen molar-refractivity contribution >= 4 is 16.9 Å². The SMILES string of the molecule is CN1CCCC(n2nc(-c3ccc(Oc4ccccc4)cc3)c3c(N)ncnc32)C1. The van der Waals surface area contributed by atoms with Crippen molar-refractivity contribution < 1.29 is 4.74 Å². The molecule has 3 heterocycles. The number of nitrogen functional groups attached to an aromatic ring is 1. The molecular weight excluding hydrogens is 376 g/mol. The molecule has 2 aromatic heterocycles. The summed E-state index contributed by atoms with van der Waals surface area (Å²) in [4.78, 5) is 11.1. The highest BCUT2D eigenvalue weighted by atomic mass is 16.5. The maximum Gasteiger partial charge on any atom is 0.164 e. The summed E-state index contributed by atoms with van der Waals surface area (Å²) < 4.78 is 7.95. The van der Waals surface area contributed by atoms with Gasteiger partial charge in [0.15, 0.2) is 5.65 Å². The number of rotatable bonds is 4. The van der Waals surface area contributed by atoms with Crippen molar-refractivity contribution in [1.82, 2.24) is 24.6 Å². The molecule has 30 heavy (non-hydrogen) atoms. The number of benzene rings is 2. The molecule has 1 atom stereocenters. The standard InChI is InChI=1S/C23H24N6O/c1-28-13-5-6-17(14-28)29-23-20(22(24)25-15-26-23)21(27-29)16-9-11-19(12-10-16)30-18-7-3-2-4-8-18/h2-4,7-12,15,17H,5-6,13-14H2,1H3,(H2,24,25,26). The zero-order valence-corrected chi connectivity index (χ0v) is 16.9. The summed E-state index contributed by atoms with van der Waals surface area (Å²) in [6.45, 7) is 2.06. The Morgan fingerprint density at radius 3 is 2.53 bits per heavy atom. The van der Waals surface area contributed by atoms with Crippen LogP contribution in [0.15, 0.2) is 60.9 Å². The number of hydrogen-bond acceptors (Lipinski definition) is 6. The number of ether oxygens (including phenoxy) is 1. The van der Waals surface area contributed by atoms with Crippen LogP contribution in [0.25, 0.3) is 22.3 Å². The monoisotopic (exact) mass is 400 g/mol. The first-order valence-electron chi connectivity index (χ1n) is 10.2. The first-order chi connectivity index (χ1) is 14.7. The number of aromatic nitrogens is 4. The van der Waals surface area contributed by atoms with E-state index in [4.69, 9.17) is 15.6 Å². The van der Waals surface area contributed by atoms with E-state index in [1.54, 1.807) is 0 Å². The molecule has 2 aromatic carbocycles. The summed E-state index contributed by atoms with van der Waals surface area (Å²) in [6, 6.07) is 17.9. The third-order valence-electron chi connectivity index (χ3n) is 5.57. The van der Waals surface area contributed by atoms with E-state index in [2.05, 4.69) is 21.9 Å². The molecule has 0 spiro atoms. The van der Waals surface area contributed by atoms with Gasteiger partial charge in [-0.2, -0.15) is 5.10 Å². The number of nitrogens with zero attached hydrogens (tertiary/aromatic N) is 5. The smallest absolute Gasteiger partial charge is 0.164 e. The topological polar surface area (TPSA) is 82.1 Å². The average molecular weight is 400 g/mol. The second kappa shape index (κ2) is 7.76. The Kier molecular flexibility index (Phi) is 4.80. The van der Waals surface area contributed by atoms with E-state index in [-0.39, 0.29) is 6.04 Å². The Morgan fingerprint density at radius 1 is 1.00 bits per heavy atom. The Hall–Kier alpha value is -3.45. The Balaban J connectivity index is 1.52. The average Bonchev–Trinajstić information content (AvgIpc) is 3.16. The minimum Gasteiger partial charge on any atom is -0.457 e. The van der Waals surface area contributed by atoms with E-state index in [0.29, 0.717) is 5.82 Å². The van der Waals surface area contributed by atoms with Gasteiger partial charge >= 0.3 is 0 Å². The second-order valence-corrected chi connectivity index (χ2v) is 7.75. The quantitative estimate of drug-likeness (QED) is 0.555. The molecule has 2 N–H and O–H groups in total. The summed E-state index contributed by atoms with van der Waals surface area (Å²) in [7, 11) is 2.15. The van der Waals surface area contributed by atoms with E-state index in [0.717, 1.165) is 59.7 Å². The highest BCUT2D eigenvalue weighted by molar-refractivity contribution is 5.98. The van der Waals surface area contributed by atoms with Gasteiger partial charge in [-0.05, 0) is 62.8 Å². The lowest BCUT2D eigenvalue weighted by Crippen LogP contribution is -2.34. The summed E-state index contributed by atoms with van der Waals surface area (Å²) in [5.74, 6) is 2.03. The van der Waals surface area contributed by atoms with E-state index < -0.39 is 0 Å². The molecule has 1 saturated heterocycles. The fourth-order valence-corrected chi connectivity index (χ4v) is 4.10. The molecule has 7 nitrogen and oxygen atoms in total. The predicted octanol–water partition coefficient (Wildman–Crippen LogP) is 4.13. The molecule has 1 aliphatic heterocycles. The molecule has 1 aliphatic rings. The molecule has 7 heteroatoms. The minimum atomic E-state index is 0.273. The van der Waals surface area contributed by atoms with Crippen LogP contribution in [-0.2, 0) is 0 Å². The van der Waals surface area contributed by atoms with Gasteiger partial charge in [0.1, 0.15) is 29.3 Å². The van der Waals surface area contributed by atoms with Crippen molar-refractivity contribution in [3.8, 4) is 22.8 Å². The summed E-state index contributed by atoms with van der Waals surface area (Å²) >= 11 is 0. The molecule has 0 radical (unpaired) electrons. The summed E-state index contributed by atoms with van der Waals surface area (Å²) in [5, 5.41) is 5.77. The summed E-state index contributed by atoms with van der Waals surface area (Å²) in [5.41, 5.74) is 8.82. The van der Waals surface area contributed by atoms with Crippen molar-refractivity contribution in [3.63, 3.8) is 0 Å². The zero-order valence-electron chi connectivity index (χ0n) is 16.9. The maximum absolute atomic E-state index is 6.26. The zero-order chi connectivity index (χ0) is 20.5. The number of likely N-dealkylation sites (tertiary alicyclic amines) is 1. The van der Waals surface area contributed by atoms with Crippen LogP contribution in [-0.4, -0.2) is 44.8 Å². The number of fused-ring (bicyclic) bond motifs is 1. The van der Waals surface area contributed by atoms with Gasteiger partial charge in [-0.1, -0.05) is 18.2 Å². The number of para-hydroxylation sites is 1. The first-order valence-corrected chi connectivity index (χ1v) is 10.2. The van der Waals surface area contributed by atoms with Gasteiger partial charge in [0, 0.05) is 12.1 Å². The molecule has 4 aromatic rings. The van der Waals surface area contributed by atoms with Gasteiger partial charge in [0.2, 0.25) is 0 Å². The lowest BCUT2D eigenvalue weighted by molar-refractivity contribution is 0.205. The molecule has 5 rings (SSSR count). The molecule has 1 fully saturated rings. The molecule has 0 saturated carbocycles. The molecule has 0 bridgehead atoms. The van der Waals surface area contributed by atoms with Gasteiger partial charge < -0.3 is 15.4 Å². The lowest BCUT2D eigenvalue weighted by Gasteiger charge is -2.29. The first kappa shape index (κ1) is 18.6. The lowest BCUT2D eigenvalue weighted by atomic mass is 10.1. The van der Waals surface area contributed by atoms with Crippen molar-refractivity contribution in [2.75, 3.05) is 25.9 Å². The maximum atomic E-state index is 6.26. The van der Waals surface area contributed by atoms with Crippen LogP contribution in [0.5, 0.6) is 11.5 Å². The van der Waals surface area contributed by atoms with Crippen LogP contribution in [0.4, 0.5) is 5.82 Å². The largest absolute Gasteiger partial charge is 0.457 e. The van der Waals surface area contributed by atoms with Crippen molar-refractivity contribution in [3.05, 3.63) is 60.9 Å². The molecule has 0 aliphatic carbocycles. The summed E-state index contributed by atoms with van der Waals surface area (Å²) in [6.07, 6.45) is 3.74. The fraction of sp³-hybridized carbons (Fsp3) is 0.261. The number of piperidine rings is 1. The van der Waals surface area contributed by atoms with Gasteiger partial charge in [-0.3, -0.25) is 0 Å². The van der Waals surface area contributed by atoms with E-state index in [1.807, 2.05) is 59.3 Å². The highest BCUT2D eigenvalue weighted by Gasteiger charge is 2.25. The third-order valence-corrected chi connectivity index (χ3v) is 5.57. The Labute approximate surface area is 175 Å². The van der Waals surface area contributed by atoms with Crippen LogP contribution in [0, 0.1) is 0 Å². The van der Waals surface area contributed by atoms with Gasteiger partial charge in [-0.15, -0.1) is 0 Å². The molecule has 0 amide bonds. The van der Waals surface area contributed by atoms with Crippen LogP contribution < -0.4 is 10.5 Å². The predicted molar refractivity (Wildman–Crippen MR) is 117 cm³/mol. The molecule has 1 unspecified atom stereocenters. The third kappa shape index (κ3) is 3.48. The number of nitrogens with two attached hydrogens (primary N) is 1. The minimum absolute atomic E-state index is 0.273. The van der Waals surface area contributed by atoms with E-state index in [1.165, 1.54) is 6.33 Å². The second-order valence-electron chi connectivity index (χ2n) is 7.75. The van der Waals surface area contributed by atoms with Crippen molar-refractivity contribution in [2.45, 2.75) is 18.9 Å². The number of anilines is 1. The van der Waals surface area contributed by atoms with Crippen molar-refractivity contribution in [1.29, 1.82) is 0 Å². The van der Waals surface area contributed by atoms with Crippen LogP contribution >= 0.6 is 0 Å². The van der Waals surface area contributed by atoms with Crippen LogP contribution in [0.2, 0.25) is 0 Å². The van der Waals surface area contributed by atoms with E-state index >= 15 is 0 Å².